The largest absolute Gasteiger partial charge is 0.393 e. The lowest BCUT2D eigenvalue weighted by molar-refractivity contribution is 0.124. The summed E-state index contributed by atoms with van der Waals surface area (Å²) >= 11 is 0. The normalized spacial score (nSPS) is 16.8. The molecule has 0 aliphatic rings. The lowest BCUT2D eigenvalue weighted by Crippen LogP contribution is -2.18. The van der Waals surface area contributed by atoms with Gasteiger partial charge in [0.1, 0.15) is 9.84 Å². The van der Waals surface area contributed by atoms with E-state index >= 15 is 0 Å². The van der Waals surface area contributed by atoms with E-state index in [1.165, 1.54) is 6.26 Å². The molecule has 0 spiro atoms. The number of hydrogen-bond acceptors (Lipinski definition) is 3. The summed E-state index contributed by atoms with van der Waals surface area (Å²) in [5.41, 5.74) is 0.284. The van der Waals surface area contributed by atoms with Gasteiger partial charge >= 0.3 is 0 Å². The van der Waals surface area contributed by atoms with E-state index in [1.807, 2.05) is 0 Å². The Morgan fingerprint density at radius 3 is 2.18 bits per heavy atom. The van der Waals surface area contributed by atoms with Crippen LogP contribution in [0.15, 0.2) is 0 Å². The van der Waals surface area contributed by atoms with Crippen molar-refractivity contribution in [3.05, 3.63) is 0 Å². The van der Waals surface area contributed by atoms with Gasteiger partial charge in [0.05, 0.1) is 6.10 Å². The van der Waals surface area contributed by atoms with E-state index in [0.29, 0.717) is 18.8 Å². The average Bonchev–Trinajstić information content (AvgIpc) is 1.96. The van der Waals surface area contributed by atoms with Crippen molar-refractivity contribution in [2.45, 2.75) is 59.5 Å². The van der Waals surface area contributed by atoms with Crippen LogP contribution in [0.25, 0.3) is 0 Å². The summed E-state index contributed by atoms with van der Waals surface area (Å²) in [6.45, 7) is 8.73. The molecular formula is C13H28O3S. The summed E-state index contributed by atoms with van der Waals surface area (Å²) in [5, 5.41) is 9.82. The standard InChI is InChI=1S/C13H28O3S/c1-11(10-13(2,3)4)9-12(14)7-6-8-17(5,15)16/h11-12,14H,6-10H2,1-5H3. The van der Waals surface area contributed by atoms with Crippen molar-refractivity contribution in [3.63, 3.8) is 0 Å². The summed E-state index contributed by atoms with van der Waals surface area (Å²) in [6.07, 6.45) is 3.86. The maximum atomic E-state index is 10.9. The van der Waals surface area contributed by atoms with Gasteiger partial charge in [-0.1, -0.05) is 27.7 Å². The van der Waals surface area contributed by atoms with E-state index in [9.17, 15) is 13.5 Å². The number of aliphatic hydroxyl groups excluding tert-OH is 1. The zero-order valence-corrected chi connectivity index (χ0v) is 12.7. The van der Waals surface area contributed by atoms with Crippen LogP contribution in [0.4, 0.5) is 0 Å². The fraction of sp³-hybridized carbons (Fsp3) is 1.00. The molecule has 0 aliphatic carbocycles. The first-order valence-corrected chi connectivity index (χ1v) is 8.41. The van der Waals surface area contributed by atoms with Crippen molar-refractivity contribution in [1.29, 1.82) is 0 Å². The molecule has 0 fully saturated rings. The Kier molecular flexibility index (Phi) is 6.70. The smallest absolute Gasteiger partial charge is 0.147 e. The first-order chi connectivity index (χ1) is 7.49. The van der Waals surface area contributed by atoms with Gasteiger partial charge in [0.25, 0.3) is 0 Å². The van der Waals surface area contributed by atoms with E-state index in [4.69, 9.17) is 0 Å². The second kappa shape index (κ2) is 6.74. The average molecular weight is 264 g/mol. The minimum absolute atomic E-state index is 0.178. The molecule has 0 bridgehead atoms. The van der Waals surface area contributed by atoms with Crippen molar-refractivity contribution >= 4 is 9.84 Å². The van der Waals surface area contributed by atoms with Gasteiger partial charge in [-0.2, -0.15) is 0 Å². The molecule has 0 aromatic rings. The zero-order valence-electron chi connectivity index (χ0n) is 11.9. The van der Waals surface area contributed by atoms with Crippen LogP contribution in [0.5, 0.6) is 0 Å². The number of aliphatic hydroxyl groups is 1. The van der Waals surface area contributed by atoms with Crippen LogP contribution >= 0.6 is 0 Å². The quantitative estimate of drug-likeness (QED) is 0.769. The summed E-state index contributed by atoms with van der Waals surface area (Å²) in [7, 11) is -2.89. The molecule has 0 radical (unpaired) electrons. The third kappa shape index (κ3) is 12.2. The van der Waals surface area contributed by atoms with E-state index in [-0.39, 0.29) is 17.3 Å². The van der Waals surface area contributed by atoms with Gasteiger partial charge in [-0.15, -0.1) is 0 Å². The predicted molar refractivity (Wildman–Crippen MR) is 72.8 cm³/mol. The van der Waals surface area contributed by atoms with Crippen LogP contribution < -0.4 is 0 Å². The lowest BCUT2D eigenvalue weighted by atomic mass is 9.83. The van der Waals surface area contributed by atoms with Crippen LogP contribution in [-0.2, 0) is 9.84 Å². The van der Waals surface area contributed by atoms with Crippen LogP contribution in [0, 0.1) is 11.3 Å². The van der Waals surface area contributed by atoms with Gasteiger partial charge in [-0.05, 0) is 37.0 Å². The molecule has 1 N–H and O–H groups in total. The Bertz CT molecular complexity index is 301. The van der Waals surface area contributed by atoms with Crippen molar-refractivity contribution in [2.75, 3.05) is 12.0 Å². The zero-order chi connectivity index (χ0) is 13.7. The molecule has 0 heterocycles. The van der Waals surface area contributed by atoms with Crippen LogP contribution in [0.1, 0.15) is 53.4 Å². The molecule has 0 saturated heterocycles. The molecular weight excluding hydrogens is 236 g/mol. The Labute approximate surface area is 107 Å². The van der Waals surface area contributed by atoms with Gasteiger partial charge in [0, 0.05) is 12.0 Å². The predicted octanol–water partition coefficient (Wildman–Crippen LogP) is 2.63. The van der Waals surface area contributed by atoms with Gasteiger partial charge in [-0.3, -0.25) is 0 Å². The van der Waals surface area contributed by atoms with Gasteiger partial charge in [0.15, 0.2) is 0 Å². The highest BCUT2D eigenvalue weighted by atomic mass is 32.2. The maximum absolute atomic E-state index is 10.9. The first kappa shape index (κ1) is 16.9. The van der Waals surface area contributed by atoms with E-state index in [0.717, 1.165) is 12.8 Å². The van der Waals surface area contributed by atoms with Crippen LogP contribution in [0.3, 0.4) is 0 Å². The summed E-state index contributed by atoms with van der Waals surface area (Å²) < 4.78 is 21.9. The van der Waals surface area contributed by atoms with E-state index in [2.05, 4.69) is 27.7 Å². The minimum Gasteiger partial charge on any atom is -0.393 e. The van der Waals surface area contributed by atoms with Crippen molar-refractivity contribution in [3.8, 4) is 0 Å². The second-order valence-electron chi connectivity index (χ2n) is 6.53. The Balaban J connectivity index is 3.83. The molecule has 104 valence electrons. The first-order valence-electron chi connectivity index (χ1n) is 6.35. The maximum Gasteiger partial charge on any atom is 0.147 e. The fourth-order valence-corrected chi connectivity index (χ4v) is 2.98. The summed E-state index contributed by atoms with van der Waals surface area (Å²) in [5.74, 6) is 0.654. The van der Waals surface area contributed by atoms with Gasteiger partial charge in [-0.25, -0.2) is 8.42 Å². The molecule has 17 heavy (non-hydrogen) atoms. The molecule has 4 heteroatoms. The molecule has 3 nitrogen and oxygen atoms in total. The minimum atomic E-state index is -2.89. The highest BCUT2D eigenvalue weighted by Gasteiger charge is 2.18. The molecule has 0 rings (SSSR count). The van der Waals surface area contributed by atoms with Crippen molar-refractivity contribution < 1.29 is 13.5 Å². The summed E-state index contributed by atoms with van der Waals surface area (Å²) in [6, 6.07) is 0. The molecule has 0 aliphatic heterocycles. The highest BCUT2D eigenvalue weighted by Crippen LogP contribution is 2.27. The Hall–Kier alpha value is -0.0900. The van der Waals surface area contributed by atoms with E-state index in [1.54, 1.807) is 0 Å². The molecule has 0 aromatic heterocycles. The van der Waals surface area contributed by atoms with Gasteiger partial charge in [0.2, 0.25) is 0 Å². The lowest BCUT2D eigenvalue weighted by Gasteiger charge is -2.24. The SMILES string of the molecule is CC(CC(O)CCCS(C)(=O)=O)CC(C)(C)C. The Morgan fingerprint density at radius 2 is 1.76 bits per heavy atom. The number of hydrogen-bond donors (Lipinski definition) is 1. The third-order valence-electron chi connectivity index (χ3n) is 2.69. The molecule has 0 aromatic carbocycles. The van der Waals surface area contributed by atoms with Crippen LogP contribution in [-0.4, -0.2) is 31.6 Å². The van der Waals surface area contributed by atoms with E-state index < -0.39 is 9.84 Å². The van der Waals surface area contributed by atoms with Crippen molar-refractivity contribution in [1.82, 2.24) is 0 Å². The molecule has 0 amide bonds. The fourth-order valence-electron chi connectivity index (χ4n) is 2.29. The molecule has 2 unspecified atom stereocenters. The molecule has 0 saturated carbocycles. The topological polar surface area (TPSA) is 54.4 Å². The number of rotatable bonds is 7. The molecule has 2 atom stereocenters. The number of sulfone groups is 1. The second-order valence-corrected chi connectivity index (χ2v) is 8.79. The van der Waals surface area contributed by atoms with Crippen molar-refractivity contribution in [2.24, 2.45) is 11.3 Å². The van der Waals surface area contributed by atoms with Crippen LogP contribution in [0.2, 0.25) is 0 Å². The highest BCUT2D eigenvalue weighted by molar-refractivity contribution is 7.90. The third-order valence-corrected chi connectivity index (χ3v) is 3.72. The van der Waals surface area contributed by atoms with Gasteiger partial charge < -0.3 is 5.11 Å². The summed E-state index contributed by atoms with van der Waals surface area (Å²) in [4.78, 5) is 0. The monoisotopic (exact) mass is 264 g/mol. The Morgan fingerprint density at radius 1 is 1.24 bits per heavy atom.